The molecule has 182 valence electrons. The van der Waals surface area contributed by atoms with Crippen molar-refractivity contribution < 1.29 is 23.7 Å². The molecule has 1 N–H and O–H groups in total. The summed E-state index contributed by atoms with van der Waals surface area (Å²) in [6.45, 7) is 3.62. The molecule has 0 saturated carbocycles. The number of fused-ring (bicyclic) bond motifs is 1. The second-order valence-electron chi connectivity index (χ2n) is 7.61. The van der Waals surface area contributed by atoms with E-state index in [1.54, 1.807) is 20.4 Å². The van der Waals surface area contributed by atoms with E-state index in [-0.39, 0.29) is 0 Å². The number of rotatable bonds is 12. The summed E-state index contributed by atoms with van der Waals surface area (Å²) in [5.74, 6) is 3.13. The lowest BCUT2D eigenvalue weighted by molar-refractivity contribution is 0.132. The lowest BCUT2D eigenvalue weighted by Gasteiger charge is -2.15. The Morgan fingerprint density at radius 2 is 1.54 bits per heavy atom. The summed E-state index contributed by atoms with van der Waals surface area (Å²) in [7, 11) is 3.26. The summed E-state index contributed by atoms with van der Waals surface area (Å²) in [6, 6.07) is 15.1. The van der Waals surface area contributed by atoms with Gasteiger partial charge in [0.1, 0.15) is 36.9 Å². The van der Waals surface area contributed by atoms with E-state index >= 15 is 0 Å². The molecule has 0 aliphatic heterocycles. The molecule has 0 spiro atoms. The molecule has 35 heavy (non-hydrogen) atoms. The number of nitrogens with zero attached hydrogens (tertiary/aromatic N) is 3. The van der Waals surface area contributed by atoms with Crippen molar-refractivity contribution in [1.29, 1.82) is 0 Å². The van der Waals surface area contributed by atoms with Crippen LogP contribution in [0.1, 0.15) is 5.69 Å². The number of hydrogen-bond acceptors (Lipinski definition) is 9. The van der Waals surface area contributed by atoms with Crippen LogP contribution in [0.2, 0.25) is 0 Å². The largest absolute Gasteiger partial charge is 0.487 e. The van der Waals surface area contributed by atoms with E-state index in [4.69, 9.17) is 23.7 Å². The van der Waals surface area contributed by atoms with E-state index in [2.05, 4.69) is 20.3 Å². The van der Waals surface area contributed by atoms with Crippen LogP contribution in [0, 0.1) is 6.92 Å². The molecule has 2 aromatic carbocycles. The van der Waals surface area contributed by atoms with Crippen molar-refractivity contribution in [2.24, 2.45) is 0 Å². The number of ether oxygens (including phenoxy) is 5. The Bertz CT molecular complexity index is 1250. The SMILES string of the molecule is COCCOc1cc2ncnc(Nc3cccc(Oc4ccc(C)nc4)c3)c2cc1OCCOC. The van der Waals surface area contributed by atoms with Crippen LogP contribution in [0.5, 0.6) is 23.0 Å². The highest BCUT2D eigenvalue weighted by atomic mass is 16.5. The molecule has 0 unspecified atom stereocenters. The zero-order valence-corrected chi connectivity index (χ0v) is 20.0. The van der Waals surface area contributed by atoms with Gasteiger partial charge in [-0.05, 0) is 37.3 Å². The molecule has 0 atom stereocenters. The van der Waals surface area contributed by atoms with Crippen molar-refractivity contribution in [3.63, 3.8) is 0 Å². The Balaban J connectivity index is 1.60. The Morgan fingerprint density at radius 1 is 0.771 bits per heavy atom. The molecule has 9 nitrogen and oxygen atoms in total. The molecule has 2 aromatic heterocycles. The lowest BCUT2D eigenvalue weighted by atomic mass is 10.2. The highest BCUT2D eigenvalue weighted by Gasteiger charge is 2.13. The molecule has 4 aromatic rings. The van der Waals surface area contributed by atoms with Crippen molar-refractivity contribution in [3.05, 3.63) is 66.7 Å². The van der Waals surface area contributed by atoms with Crippen molar-refractivity contribution >= 4 is 22.4 Å². The van der Waals surface area contributed by atoms with Crippen LogP contribution in [-0.2, 0) is 9.47 Å². The van der Waals surface area contributed by atoms with Crippen molar-refractivity contribution in [2.45, 2.75) is 6.92 Å². The minimum absolute atomic E-state index is 0.381. The average molecular weight is 477 g/mol. The summed E-state index contributed by atoms with van der Waals surface area (Å²) >= 11 is 0. The number of anilines is 2. The van der Waals surface area contributed by atoms with Gasteiger partial charge in [0.2, 0.25) is 0 Å². The second kappa shape index (κ2) is 12.0. The van der Waals surface area contributed by atoms with Gasteiger partial charge in [-0.15, -0.1) is 0 Å². The van der Waals surface area contributed by atoms with Crippen molar-refractivity contribution in [1.82, 2.24) is 15.0 Å². The summed E-state index contributed by atoms with van der Waals surface area (Å²) < 4.78 is 27.9. The van der Waals surface area contributed by atoms with E-state index in [9.17, 15) is 0 Å². The third-order valence-corrected chi connectivity index (χ3v) is 5.01. The van der Waals surface area contributed by atoms with Crippen LogP contribution < -0.4 is 19.5 Å². The third-order valence-electron chi connectivity index (χ3n) is 5.01. The molecule has 0 fully saturated rings. The van der Waals surface area contributed by atoms with E-state index in [1.807, 2.05) is 55.5 Å². The summed E-state index contributed by atoms with van der Waals surface area (Å²) in [6.07, 6.45) is 3.21. The molecule has 2 heterocycles. The maximum absolute atomic E-state index is 5.94. The van der Waals surface area contributed by atoms with Gasteiger partial charge in [-0.3, -0.25) is 4.98 Å². The summed E-state index contributed by atoms with van der Waals surface area (Å²) in [5.41, 5.74) is 2.46. The normalized spacial score (nSPS) is 10.8. The maximum Gasteiger partial charge on any atom is 0.163 e. The van der Waals surface area contributed by atoms with Gasteiger partial charge >= 0.3 is 0 Å². The number of methoxy groups -OCH3 is 2. The first-order chi connectivity index (χ1) is 17.2. The smallest absolute Gasteiger partial charge is 0.163 e. The van der Waals surface area contributed by atoms with Crippen molar-refractivity contribution in [3.8, 4) is 23.0 Å². The molecule has 0 aliphatic carbocycles. The molecule has 0 aliphatic rings. The number of nitrogens with one attached hydrogen (secondary N) is 1. The Morgan fingerprint density at radius 3 is 2.26 bits per heavy atom. The topological polar surface area (TPSA) is 96.9 Å². The van der Waals surface area contributed by atoms with Gasteiger partial charge in [0.15, 0.2) is 11.5 Å². The van der Waals surface area contributed by atoms with E-state index < -0.39 is 0 Å². The van der Waals surface area contributed by atoms with E-state index in [0.29, 0.717) is 60.8 Å². The molecular formula is C26H28N4O5. The third kappa shape index (κ3) is 6.56. The highest BCUT2D eigenvalue weighted by Crippen LogP contribution is 2.35. The maximum atomic E-state index is 5.94. The average Bonchev–Trinajstić information content (AvgIpc) is 2.86. The number of benzene rings is 2. The number of pyridine rings is 1. The fraction of sp³-hybridized carbons (Fsp3) is 0.269. The van der Waals surface area contributed by atoms with Gasteiger partial charge in [-0.25, -0.2) is 9.97 Å². The van der Waals surface area contributed by atoms with Crippen LogP contribution in [-0.4, -0.2) is 55.6 Å². The predicted molar refractivity (Wildman–Crippen MR) is 133 cm³/mol. The van der Waals surface area contributed by atoms with Gasteiger partial charge in [-0.2, -0.15) is 0 Å². The minimum Gasteiger partial charge on any atom is -0.487 e. The molecule has 4 rings (SSSR count). The zero-order chi connectivity index (χ0) is 24.5. The number of hydrogen-bond donors (Lipinski definition) is 1. The Labute approximate surface area is 204 Å². The zero-order valence-electron chi connectivity index (χ0n) is 20.0. The quantitative estimate of drug-likeness (QED) is 0.286. The molecular weight excluding hydrogens is 448 g/mol. The number of aryl methyl sites for hydroxylation is 1. The fourth-order valence-electron chi connectivity index (χ4n) is 3.28. The second-order valence-corrected chi connectivity index (χ2v) is 7.61. The van der Waals surface area contributed by atoms with Gasteiger partial charge in [0.05, 0.1) is 24.9 Å². The minimum atomic E-state index is 0.381. The van der Waals surface area contributed by atoms with Gasteiger partial charge in [0, 0.05) is 43.1 Å². The van der Waals surface area contributed by atoms with Gasteiger partial charge in [0.25, 0.3) is 0 Å². The van der Waals surface area contributed by atoms with Crippen LogP contribution in [0.3, 0.4) is 0 Å². The van der Waals surface area contributed by atoms with Gasteiger partial charge < -0.3 is 29.0 Å². The van der Waals surface area contributed by atoms with E-state index in [0.717, 1.165) is 16.8 Å². The summed E-state index contributed by atoms with van der Waals surface area (Å²) in [5, 5.41) is 4.15. The molecule has 0 saturated heterocycles. The monoisotopic (exact) mass is 476 g/mol. The van der Waals surface area contributed by atoms with Crippen LogP contribution in [0.15, 0.2) is 61.1 Å². The Hall–Kier alpha value is -3.95. The fourth-order valence-corrected chi connectivity index (χ4v) is 3.28. The van der Waals surface area contributed by atoms with Crippen molar-refractivity contribution in [2.75, 3.05) is 46.0 Å². The van der Waals surface area contributed by atoms with Crippen LogP contribution in [0.25, 0.3) is 10.9 Å². The molecule has 0 amide bonds. The first-order valence-corrected chi connectivity index (χ1v) is 11.2. The summed E-state index contributed by atoms with van der Waals surface area (Å²) in [4.78, 5) is 13.1. The van der Waals surface area contributed by atoms with Crippen LogP contribution in [0.4, 0.5) is 11.5 Å². The molecule has 9 heteroatoms. The Kier molecular flexibility index (Phi) is 8.26. The molecule has 0 radical (unpaired) electrons. The predicted octanol–water partition coefficient (Wildman–Crippen LogP) is 4.92. The van der Waals surface area contributed by atoms with Crippen LogP contribution >= 0.6 is 0 Å². The first-order valence-electron chi connectivity index (χ1n) is 11.2. The van der Waals surface area contributed by atoms with Gasteiger partial charge in [-0.1, -0.05) is 6.07 Å². The number of aromatic nitrogens is 3. The highest BCUT2D eigenvalue weighted by molar-refractivity contribution is 5.93. The standard InChI is InChI=1S/C26H28N4O5/c1-18-7-8-21(16-27-18)35-20-6-4-5-19(13-20)30-26-22-14-24(33-11-9-31-2)25(34-12-10-32-3)15-23(22)28-17-29-26/h4-8,13-17H,9-12H2,1-3H3,(H,28,29,30). The molecule has 0 bridgehead atoms. The first kappa shape index (κ1) is 24.2. The lowest BCUT2D eigenvalue weighted by Crippen LogP contribution is -2.09. The van der Waals surface area contributed by atoms with E-state index in [1.165, 1.54) is 6.33 Å².